The molecule has 3 N–H and O–H groups in total. The molecule has 1 aromatic carbocycles. The van der Waals surface area contributed by atoms with E-state index in [0.29, 0.717) is 13.1 Å². The Balaban J connectivity index is 3.01. The molecule has 0 heterocycles. The highest BCUT2D eigenvalue weighted by Crippen LogP contribution is 2.22. The van der Waals surface area contributed by atoms with Gasteiger partial charge in [-0.15, -0.1) is 0 Å². The lowest BCUT2D eigenvalue weighted by molar-refractivity contribution is -0.118. The van der Waals surface area contributed by atoms with Crippen LogP contribution in [0.4, 0.5) is 5.69 Å². The molecule has 0 aliphatic heterocycles. The van der Waals surface area contributed by atoms with Crippen LogP contribution in [0.3, 0.4) is 0 Å². The molecule has 1 aromatic rings. The average molecular weight is 329 g/mol. The number of amides is 1. The summed E-state index contributed by atoms with van der Waals surface area (Å²) in [7, 11) is -0.960. The van der Waals surface area contributed by atoms with Crippen molar-refractivity contribution in [3.63, 3.8) is 0 Å². The molecule has 22 heavy (non-hydrogen) atoms. The molecular formula is C13H19N3O5S. The highest BCUT2D eigenvalue weighted by Gasteiger charge is 2.20. The van der Waals surface area contributed by atoms with E-state index in [4.69, 9.17) is 0 Å². The van der Waals surface area contributed by atoms with Crippen molar-refractivity contribution in [3.05, 3.63) is 23.8 Å². The number of benzene rings is 1. The van der Waals surface area contributed by atoms with Gasteiger partial charge in [-0.3, -0.25) is 4.79 Å². The van der Waals surface area contributed by atoms with Crippen LogP contribution in [-0.4, -0.2) is 56.9 Å². The Kier molecular flexibility index (Phi) is 5.89. The Morgan fingerprint density at radius 2 is 1.86 bits per heavy atom. The molecule has 8 nitrogen and oxygen atoms in total. The molecule has 0 radical (unpaired) electrons. The fourth-order valence-corrected chi connectivity index (χ4v) is 2.59. The first-order valence-electron chi connectivity index (χ1n) is 6.44. The number of rotatable bonds is 7. The number of carbonyl (C=O) groups excluding carboxylic acids is 1. The van der Waals surface area contributed by atoms with E-state index in [0.717, 1.165) is 10.4 Å². The normalized spacial score (nSPS) is 11.3. The maximum Gasteiger partial charge on any atom is 0.337 e. The van der Waals surface area contributed by atoms with Crippen molar-refractivity contribution >= 4 is 27.6 Å². The number of carboxylic acid groups (broad SMARTS) is 1. The van der Waals surface area contributed by atoms with E-state index in [2.05, 4.69) is 10.6 Å². The minimum atomic E-state index is -3.70. The van der Waals surface area contributed by atoms with Gasteiger partial charge in [0.1, 0.15) is 0 Å². The first kappa shape index (κ1) is 17.9. The summed E-state index contributed by atoms with van der Waals surface area (Å²) in [5.74, 6) is -1.43. The third-order valence-electron chi connectivity index (χ3n) is 2.81. The number of hydrogen-bond acceptors (Lipinski definition) is 5. The number of nitrogens with one attached hydrogen (secondary N) is 2. The van der Waals surface area contributed by atoms with Crippen molar-refractivity contribution in [1.29, 1.82) is 0 Å². The predicted octanol–water partition coefficient (Wildman–Crippen LogP) is 0.183. The number of aromatic carboxylic acids is 1. The lowest BCUT2D eigenvalue weighted by atomic mass is 10.2. The van der Waals surface area contributed by atoms with E-state index in [1.807, 2.05) is 0 Å². The lowest BCUT2D eigenvalue weighted by Gasteiger charge is -2.14. The van der Waals surface area contributed by atoms with E-state index in [1.54, 1.807) is 0 Å². The van der Waals surface area contributed by atoms with Crippen LogP contribution in [0.25, 0.3) is 0 Å². The molecule has 1 rings (SSSR count). The molecule has 122 valence electrons. The Morgan fingerprint density at radius 3 is 2.36 bits per heavy atom. The topological polar surface area (TPSA) is 116 Å². The summed E-state index contributed by atoms with van der Waals surface area (Å²) >= 11 is 0. The highest BCUT2D eigenvalue weighted by molar-refractivity contribution is 7.89. The molecule has 0 aromatic heterocycles. The first-order valence-corrected chi connectivity index (χ1v) is 7.88. The molecule has 0 unspecified atom stereocenters. The average Bonchev–Trinajstić information content (AvgIpc) is 2.42. The van der Waals surface area contributed by atoms with E-state index in [-0.39, 0.29) is 22.1 Å². The zero-order valence-electron chi connectivity index (χ0n) is 12.6. The molecule has 0 atom stereocenters. The van der Waals surface area contributed by atoms with Crippen molar-refractivity contribution in [1.82, 2.24) is 9.62 Å². The zero-order chi connectivity index (χ0) is 16.9. The fourth-order valence-electron chi connectivity index (χ4n) is 1.66. The largest absolute Gasteiger partial charge is 0.478 e. The molecule has 0 fully saturated rings. The van der Waals surface area contributed by atoms with E-state index < -0.39 is 16.0 Å². The molecular weight excluding hydrogens is 310 g/mol. The molecule has 0 aliphatic rings. The van der Waals surface area contributed by atoms with Gasteiger partial charge in [-0.25, -0.2) is 17.5 Å². The quantitative estimate of drug-likeness (QED) is 0.615. The lowest BCUT2D eigenvalue weighted by Crippen LogP contribution is -2.27. The molecule has 0 saturated heterocycles. The number of anilines is 1. The maximum atomic E-state index is 12.0. The van der Waals surface area contributed by atoms with E-state index in [1.165, 1.54) is 33.2 Å². The number of carboxylic acids is 1. The summed E-state index contributed by atoms with van der Waals surface area (Å²) in [6.07, 6.45) is 0. The summed E-state index contributed by atoms with van der Waals surface area (Å²) in [5.41, 5.74) is 0.140. The third kappa shape index (κ3) is 4.43. The van der Waals surface area contributed by atoms with Crippen LogP contribution in [0, 0.1) is 0 Å². The molecule has 0 saturated carbocycles. The van der Waals surface area contributed by atoms with Gasteiger partial charge in [-0.1, -0.05) is 0 Å². The van der Waals surface area contributed by atoms with Gasteiger partial charge in [-0.05, 0) is 18.2 Å². The van der Waals surface area contributed by atoms with Gasteiger partial charge in [0.25, 0.3) is 0 Å². The Labute approximate surface area is 129 Å². The minimum absolute atomic E-state index is 0.0951. The zero-order valence-corrected chi connectivity index (χ0v) is 13.4. The fraction of sp³-hybridized carbons (Fsp3) is 0.385. The summed E-state index contributed by atoms with van der Waals surface area (Å²) in [5, 5.41) is 14.6. The van der Waals surface area contributed by atoms with E-state index in [9.17, 15) is 23.1 Å². The second-order valence-corrected chi connectivity index (χ2v) is 6.86. The van der Waals surface area contributed by atoms with Crippen molar-refractivity contribution < 1.29 is 23.1 Å². The molecule has 9 heteroatoms. The summed E-state index contributed by atoms with van der Waals surface area (Å²) < 4.78 is 25.0. The van der Waals surface area contributed by atoms with Crippen molar-refractivity contribution in [3.8, 4) is 0 Å². The van der Waals surface area contributed by atoms with Gasteiger partial charge in [0.2, 0.25) is 15.9 Å². The van der Waals surface area contributed by atoms with Crippen molar-refractivity contribution in [2.75, 3.05) is 32.5 Å². The van der Waals surface area contributed by atoms with Crippen LogP contribution in [0.2, 0.25) is 0 Å². The van der Waals surface area contributed by atoms with Gasteiger partial charge >= 0.3 is 5.97 Å². The summed E-state index contributed by atoms with van der Waals surface area (Å²) in [6.45, 7) is 2.02. The second-order valence-electron chi connectivity index (χ2n) is 4.71. The van der Waals surface area contributed by atoms with Gasteiger partial charge in [0.15, 0.2) is 0 Å². The number of sulfonamides is 1. The van der Waals surface area contributed by atoms with Gasteiger partial charge in [0, 0.05) is 39.8 Å². The maximum absolute atomic E-state index is 12.0. The number of hydrogen-bond donors (Lipinski definition) is 3. The van der Waals surface area contributed by atoms with Gasteiger partial charge in [0.05, 0.1) is 10.5 Å². The Morgan fingerprint density at radius 1 is 1.23 bits per heavy atom. The summed E-state index contributed by atoms with van der Waals surface area (Å²) in [4.78, 5) is 21.9. The molecule has 0 aliphatic carbocycles. The Bertz CT molecular complexity index is 670. The van der Waals surface area contributed by atoms with Gasteiger partial charge in [-0.2, -0.15) is 0 Å². The smallest absolute Gasteiger partial charge is 0.337 e. The molecule has 0 spiro atoms. The van der Waals surface area contributed by atoms with Crippen LogP contribution in [0.1, 0.15) is 17.3 Å². The summed E-state index contributed by atoms with van der Waals surface area (Å²) in [6, 6.07) is 3.84. The van der Waals surface area contributed by atoms with E-state index >= 15 is 0 Å². The van der Waals surface area contributed by atoms with Crippen molar-refractivity contribution in [2.24, 2.45) is 0 Å². The number of nitrogens with zero attached hydrogens (tertiary/aromatic N) is 1. The standard InChI is InChI=1S/C13H19N3O5S/c1-9(17)14-6-7-15-12-5-4-10(8-11(12)13(18)19)22(20,21)16(2)3/h4-5,8,15H,6-7H2,1-3H3,(H,14,17)(H,18,19). The second kappa shape index (κ2) is 7.23. The predicted molar refractivity (Wildman–Crippen MR) is 81.4 cm³/mol. The van der Waals surface area contributed by atoms with Crippen molar-refractivity contribution in [2.45, 2.75) is 11.8 Å². The van der Waals surface area contributed by atoms with Gasteiger partial charge < -0.3 is 15.7 Å². The monoisotopic (exact) mass is 329 g/mol. The van der Waals surface area contributed by atoms with Crippen LogP contribution in [0.15, 0.2) is 23.1 Å². The van der Waals surface area contributed by atoms with Crippen LogP contribution < -0.4 is 10.6 Å². The molecule has 1 amide bonds. The SMILES string of the molecule is CC(=O)NCCNc1ccc(S(=O)(=O)N(C)C)cc1C(=O)O. The van der Waals surface area contributed by atoms with Crippen LogP contribution in [-0.2, 0) is 14.8 Å². The van der Waals surface area contributed by atoms with Crippen LogP contribution >= 0.6 is 0 Å². The molecule has 0 bridgehead atoms. The number of carbonyl (C=O) groups is 2. The minimum Gasteiger partial charge on any atom is -0.478 e. The third-order valence-corrected chi connectivity index (χ3v) is 4.63. The first-order chi connectivity index (χ1) is 10.2. The van der Waals surface area contributed by atoms with Crippen LogP contribution in [0.5, 0.6) is 0 Å². The highest BCUT2D eigenvalue weighted by atomic mass is 32.2. The Hall–Kier alpha value is -2.13.